The minimum atomic E-state index is -2.90. The van der Waals surface area contributed by atoms with Crippen LogP contribution in [-0.2, 0) is 9.57 Å². The maximum atomic E-state index is 12.7. The zero-order valence-electron chi connectivity index (χ0n) is 14.3. The molecule has 0 amide bonds. The van der Waals surface area contributed by atoms with Crippen LogP contribution < -0.4 is 20.3 Å². The number of benzene rings is 1. The number of alkyl halides is 2. The molecule has 1 spiro atoms. The average Bonchev–Trinajstić information content (AvgIpc) is 3.27. The van der Waals surface area contributed by atoms with Crippen molar-refractivity contribution in [2.45, 2.75) is 37.6 Å². The number of hydrogen-bond acceptors (Lipinski definition) is 6. The van der Waals surface area contributed by atoms with Crippen molar-refractivity contribution in [3.05, 3.63) is 29.8 Å². The van der Waals surface area contributed by atoms with Crippen molar-refractivity contribution in [3.63, 3.8) is 0 Å². The summed E-state index contributed by atoms with van der Waals surface area (Å²) < 4.78 is 41.5. The summed E-state index contributed by atoms with van der Waals surface area (Å²) in [6, 6.07) is 4.93. The first-order valence-corrected chi connectivity index (χ1v) is 8.85. The van der Waals surface area contributed by atoms with E-state index >= 15 is 0 Å². The van der Waals surface area contributed by atoms with Crippen LogP contribution in [-0.4, -0.2) is 44.6 Å². The number of rotatable bonds is 5. The van der Waals surface area contributed by atoms with Crippen LogP contribution in [0, 0.1) is 0 Å². The molecule has 26 heavy (non-hydrogen) atoms. The molecule has 4 rings (SSSR count). The molecule has 2 saturated heterocycles. The van der Waals surface area contributed by atoms with E-state index in [0.29, 0.717) is 25.5 Å². The van der Waals surface area contributed by atoms with Gasteiger partial charge in [0.1, 0.15) is 11.7 Å². The molecule has 0 saturated carbocycles. The van der Waals surface area contributed by atoms with E-state index in [9.17, 15) is 8.78 Å². The molecule has 6 nitrogen and oxygen atoms in total. The summed E-state index contributed by atoms with van der Waals surface area (Å²) in [6.45, 7) is -0.136. The first-order valence-electron chi connectivity index (χ1n) is 8.85. The largest absolute Gasteiger partial charge is 0.485 e. The average molecular weight is 368 g/mol. The Hall–Kier alpha value is -1.90. The molecule has 2 fully saturated rings. The van der Waals surface area contributed by atoms with Crippen molar-refractivity contribution < 1.29 is 27.8 Å². The summed E-state index contributed by atoms with van der Waals surface area (Å²) in [7, 11) is 0. The first kappa shape index (κ1) is 17.5. The summed E-state index contributed by atoms with van der Waals surface area (Å²) >= 11 is 0. The molecule has 3 heterocycles. The van der Waals surface area contributed by atoms with Crippen LogP contribution in [0.15, 0.2) is 24.3 Å². The van der Waals surface area contributed by atoms with Crippen molar-refractivity contribution in [2.75, 3.05) is 26.3 Å². The lowest BCUT2D eigenvalue weighted by Crippen LogP contribution is -2.37. The molecule has 0 aromatic heterocycles. The third kappa shape index (κ3) is 3.77. The van der Waals surface area contributed by atoms with Gasteiger partial charge in [0.05, 0.1) is 12.3 Å². The SMILES string of the molecule is FC(F)Oc1ccc(C2=CC3(CCOC3)ON2)cc1OC1CCCNC1. The number of ether oxygens (including phenoxy) is 3. The number of piperidine rings is 1. The minimum Gasteiger partial charge on any atom is -0.485 e. The normalized spacial score (nSPS) is 28.3. The van der Waals surface area contributed by atoms with Crippen LogP contribution in [0.2, 0.25) is 0 Å². The highest BCUT2D eigenvalue weighted by molar-refractivity contribution is 5.68. The summed E-state index contributed by atoms with van der Waals surface area (Å²) in [5.74, 6) is 0.343. The van der Waals surface area contributed by atoms with Gasteiger partial charge in [-0.25, -0.2) is 0 Å². The Morgan fingerprint density at radius 2 is 2.19 bits per heavy atom. The van der Waals surface area contributed by atoms with E-state index in [1.807, 2.05) is 6.08 Å². The van der Waals surface area contributed by atoms with Crippen molar-refractivity contribution in [1.82, 2.24) is 10.8 Å². The number of nitrogens with one attached hydrogen (secondary N) is 2. The van der Waals surface area contributed by atoms with Gasteiger partial charge >= 0.3 is 6.61 Å². The zero-order chi connectivity index (χ0) is 18.0. The van der Waals surface area contributed by atoms with E-state index in [1.54, 1.807) is 12.1 Å². The lowest BCUT2D eigenvalue weighted by Gasteiger charge is -2.25. The van der Waals surface area contributed by atoms with E-state index in [4.69, 9.17) is 14.3 Å². The van der Waals surface area contributed by atoms with Crippen LogP contribution in [0.1, 0.15) is 24.8 Å². The van der Waals surface area contributed by atoms with Gasteiger partial charge in [0.2, 0.25) is 0 Å². The Morgan fingerprint density at radius 3 is 2.92 bits per heavy atom. The monoisotopic (exact) mass is 368 g/mol. The molecule has 3 aliphatic heterocycles. The number of halogens is 2. The predicted molar refractivity (Wildman–Crippen MR) is 90.0 cm³/mol. The van der Waals surface area contributed by atoms with Gasteiger partial charge in [-0.2, -0.15) is 8.78 Å². The summed E-state index contributed by atoms with van der Waals surface area (Å²) in [6.07, 6.45) is 4.53. The van der Waals surface area contributed by atoms with Crippen molar-refractivity contribution in [1.29, 1.82) is 0 Å². The number of hydrogen-bond donors (Lipinski definition) is 2. The van der Waals surface area contributed by atoms with Crippen LogP contribution >= 0.6 is 0 Å². The van der Waals surface area contributed by atoms with Crippen molar-refractivity contribution >= 4 is 5.70 Å². The standard InChI is InChI=1S/C18H22F2N2O4/c19-17(20)25-15-4-3-12(8-16(15)24-13-2-1-6-21-10-13)14-9-18(26-22-14)5-7-23-11-18/h3-4,8-9,13,17,21-22H,1-2,5-7,10-11H2. The van der Waals surface area contributed by atoms with Gasteiger partial charge in [-0.15, -0.1) is 0 Å². The molecule has 1 aromatic rings. The van der Waals surface area contributed by atoms with E-state index < -0.39 is 12.2 Å². The topological polar surface area (TPSA) is 61.0 Å². The molecule has 2 atom stereocenters. The highest BCUT2D eigenvalue weighted by Gasteiger charge is 2.39. The molecule has 0 radical (unpaired) electrons. The third-order valence-electron chi connectivity index (χ3n) is 4.80. The molecule has 2 unspecified atom stereocenters. The van der Waals surface area contributed by atoms with Gasteiger partial charge in [-0.3, -0.25) is 10.3 Å². The molecule has 2 N–H and O–H groups in total. The van der Waals surface area contributed by atoms with Crippen molar-refractivity contribution in [3.8, 4) is 11.5 Å². The quantitative estimate of drug-likeness (QED) is 0.833. The van der Waals surface area contributed by atoms with E-state index in [1.165, 1.54) is 6.07 Å². The Labute approximate surface area is 150 Å². The molecule has 1 aromatic carbocycles. The molecule has 142 valence electrons. The summed E-state index contributed by atoms with van der Waals surface area (Å²) in [5.41, 5.74) is 4.02. The fourth-order valence-corrected chi connectivity index (χ4v) is 3.44. The molecule has 8 heteroatoms. The van der Waals surface area contributed by atoms with Gasteiger partial charge in [0.25, 0.3) is 0 Å². The summed E-state index contributed by atoms with van der Waals surface area (Å²) in [5, 5.41) is 3.25. The molecule has 3 aliphatic rings. The van der Waals surface area contributed by atoms with E-state index in [-0.39, 0.29) is 11.9 Å². The van der Waals surface area contributed by atoms with E-state index in [0.717, 1.165) is 37.1 Å². The van der Waals surface area contributed by atoms with Gasteiger partial charge in [0.15, 0.2) is 11.5 Å². The predicted octanol–water partition coefficient (Wildman–Crippen LogP) is 2.45. The second-order valence-electron chi connectivity index (χ2n) is 6.76. The van der Waals surface area contributed by atoms with Crippen molar-refractivity contribution in [2.24, 2.45) is 0 Å². The Bertz CT molecular complexity index is 671. The van der Waals surface area contributed by atoms with Crippen LogP contribution in [0.25, 0.3) is 5.70 Å². The highest BCUT2D eigenvalue weighted by Crippen LogP contribution is 2.37. The smallest absolute Gasteiger partial charge is 0.387 e. The fraction of sp³-hybridized carbons (Fsp3) is 0.556. The highest BCUT2D eigenvalue weighted by atomic mass is 19.3. The van der Waals surface area contributed by atoms with Gasteiger partial charge in [-0.05, 0) is 43.7 Å². The van der Waals surface area contributed by atoms with Crippen LogP contribution in [0.3, 0.4) is 0 Å². The summed E-state index contributed by atoms with van der Waals surface area (Å²) in [4.78, 5) is 5.68. The Morgan fingerprint density at radius 1 is 1.27 bits per heavy atom. The molecular weight excluding hydrogens is 346 g/mol. The maximum absolute atomic E-state index is 12.7. The van der Waals surface area contributed by atoms with Crippen LogP contribution in [0.4, 0.5) is 8.78 Å². The van der Waals surface area contributed by atoms with Gasteiger partial charge < -0.3 is 19.5 Å². The molecule has 0 aliphatic carbocycles. The second kappa shape index (κ2) is 7.38. The molecule has 0 bridgehead atoms. The van der Waals surface area contributed by atoms with Crippen LogP contribution in [0.5, 0.6) is 11.5 Å². The fourth-order valence-electron chi connectivity index (χ4n) is 3.44. The zero-order valence-corrected chi connectivity index (χ0v) is 14.3. The van der Waals surface area contributed by atoms with Gasteiger partial charge in [0, 0.05) is 25.1 Å². The molecular formula is C18H22F2N2O4. The lowest BCUT2D eigenvalue weighted by molar-refractivity contribution is -0.0522. The lowest BCUT2D eigenvalue weighted by atomic mass is 10.0. The minimum absolute atomic E-state index is 0.0350. The first-order chi connectivity index (χ1) is 12.6. The maximum Gasteiger partial charge on any atom is 0.387 e. The number of hydroxylamine groups is 1. The van der Waals surface area contributed by atoms with Gasteiger partial charge in [-0.1, -0.05) is 0 Å². The Balaban J connectivity index is 1.58. The Kier molecular flexibility index (Phi) is 4.97. The van der Waals surface area contributed by atoms with E-state index in [2.05, 4.69) is 15.5 Å². The third-order valence-corrected chi connectivity index (χ3v) is 4.80. The second-order valence-corrected chi connectivity index (χ2v) is 6.76.